The van der Waals surface area contributed by atoms with Crippen LogP contribution in [0.3, 0.4) is 0 Å². The number of likely N-dealkylation sites (N-methyl/N-ethyl adjacent to an activating group) is 2. The van der Waals surface area contributed by atoms with Crippen LogP contribution in [0, 0.1) is 11.8 Å². The average molecular weight is 743 g/mol. The molecule has 1 fully saturated rings. The zero-order valence-corrected chi connectivity index (χ0v) is 32.5. The summed E-state index contributed by atoms with van der Waals surface area (Å²) in [7, 11) is 3.07. The number of imidazole rings is 1. The number of aromatic nitrogens is 2. The third kappa shape index (κ3) is 15.4. The Morgan fingerprint density at radius 3 is 2.15 bits per heavy atom. The maximum absolute atomic E-state index is 14.1. The lowest BCUT2D eigenvalue weighted by atomic mass is 9.82. The highest BCUT2D eigenvalue weighted by molar-refractivity contribution is 5.90. The molecule has 1 aromatic heterocycles. The molecule has 53 heavy (non-hydrogen) atoms. The molecule has 1 aliphatic rings. The van der Waals surface area contributed by atoms with Gasteiger partial charge in [0.1, 0.15) is 17.7 Å². The van der Waals surface area contributed by atoms with Crippen LogP contribution in [0.1, 0.15) is 90.8 Å². The number of carbonyl (C=O) groups is 4. The first-order valence-corrected chi connectivity index (χ1v) is 18.9. The van der Waals surface area contributed by atoms with E-state index in [9.17, 15) is 29.4 Å². The lowest BCUT2D eigenvalue weighted by molar-refractivity contribution is -0.135. The lowest BCUT2D eigenvalue weighted by Gasteiger charge is -2.34. The minimum Gasteiger partial charge on any atom is -0.444 e. The second-order valence-electron chi connectivity index (χ2n) is 15.8. The summed E-state index contributed by atoms with van der Waals surface area (Å²) in [6.45, 7) is 9.47. The molecule has 1 saturated carbocycles. The molecule has 0 radical (unpaired) electrons. The predicted molar refractivity (Wildman–Crippen MR) is 201 cm³/mol. The number of aliphatic hydroxyl groups excluding tert-OH is 2. The zero-order valence-electron chi connectivity index (χ0n) is 32.5. The number of carbonyl (C=O) groups excluding carboxylic acids is 4. The van der Waals surface area contributed by atoms with Crippen molar-refractivity contribution in [2.45, 2.75) is 128 Å². The Morgan fingerprint density at radius 1 is 0.925 bits per heavy atom. The first kappa shape index (κ1) is 43.2. The molecule has 4 amide bonds. The van der Waals surface area contributed by atoms with Crippen molar-refractivity contribution in [3.63, 3.8) is 0 Å². The van der Waals surface area contributed by atoms with Crippen molar-refractivity contribution in [1.82, 2.24) is 30.4 Å². The second kappa shape index (κ2) is 20.9. The van der Waals surface area contributed by atoms with Crippen molar-refractivity contribution in [3.8, 4) is 0 Å². The Balaban J connectivity index is 1.80. The summed E-state index contributed by atoms with van der Waals surface area (Å²) in [6, 6.07) is 7.19. The molecule has 1 aromatic carbocycles. The topological polar surface area (TPSA) is 186 Å². The molecule has 296 valence electrons. The number of amides is 4. The van der Waals surface area contributed by atoms with Gasteiger partial charge in [-0.3, -0.25) is 9.59 Å². The summed E-state index contributed by atoms with van der Waals surface area (Å²) >= 11 is 0. The number of nitrogens with one attached hydrogen (secondary N) is 3. The quantitative estimate of drug-likeness (QED) is 0.149. The van der Waals surface area contributed by atoms with Crippen LogP contribution >= 0.6 is 0 Å². The Bertz CT molecular complexity index is 1410. The second-order valence-corrected chi connectivity index (χ2v) is 15.8. The van der Waals surface area contributed by atoms with E-state index in [2.05, 4.69) is 20.6 Å². The number of aromatic amines is 1. The van der Waals surface area contributed by atoms with E-state index < -0.39 is 60.0 Å². The van der Waals surface area contributed by atoms with Crippen molar-refractivity contribution >= 4 is 24.0 Å². The summed E-state index contributed by atoms with van der Waals surface area (Å²) in [5.74, 6) is -0.819. The minimum absolute atomic E-state index is 0.0346. The van der Waals surface area contributed by atoms with Gasteiger partial charge in [0.15, 0.2) is 6.10 Å². The number of rotatable bonds is 18. The van der Waals surface area contributed by atoms with E-state index in [4.69, 9.17) is 9.47 Å². The summed E-state index contributed by atoms with van der Waals surface area (Å²) in [6.07, 6.45) is 4.34. The molecule has 0 saturated heterocycles. The van der Waals surface area contributed by atoms with Gasteiger partial charge in [-0.05, 0) is 51.0 Å². The molecule has 1 heterocycles. The van der Waals surface area contributed by atoms with E-state index in [0.717, 1.165) is 37.7 Å². The fraction of sp³-hybridized carbons (Fsp3) is 0.667. The summed E-state index contributed by atoms with van der Waals surface area (Å²) in [4.78, 5) is 63.5. The van der Waals surface area contributed by atoms with E-state index in [1.165, 1.54) is 23.2 Å². The van der Waals surface area contributed by atoms with Crippen LogP contribution < -0.4 is 10.6 Å². The van der Waals surface area contributed by atoms with Crippen LogP contribution in [-0.4, -0.2) is 117 Å². The summed E-state index contributed by atoms with van der Waals surface area (Å²) in [5, 5.41) is 28.0. The van der Waals surface area contributed by atoms with Crippen molar-refractivity contribution in [2.24, 2.45) is 11.8 Å². The van der Waals surface area contributed by atoms with Gasteiger partial charge in [0.2, 0.25) is 5.91 Å². The van der Waals surface area contributed by atoms with Gasteiger partial charge >= 0.3 is 12.2 Å². The van der Waals surface area contributed by atoms with Gasteiger partial charge in [0.25, 0.3) is 5.91 Å². The van der Waals surface area contributed by atoms with Crippen LogP contribution in [0.4, 0.5) is 9.59 Å². The van der Waals surface area contributed by atoms with Crippen LogP contribution in [-0.2, 0) is 31.9 Å². The Kier molecular flexibility index (Phi) is 17.1. The number of H-pyrrole nitrogens is 1. The molecular formula is C39H62N6O8. The van der Waals surface area contributed by atoms with E-state index in [1.807, 2.05) is 44.2 Å². The van der Waals surface area contributed by atoms with E-state index in [-0.39, 0.29) is 37.8 Å². The molecule has 5 atom stereocenters. The van der Waals surface area contributed by atoms with E-state index in [0.29, 0.717) is 18.5 Å². The third-order valence-corrected chi connectivity index (χ3v) is 9.36. The maximum atomic E-state index is 14.1. The van der Waals surface area contributed by atoms with Crippen LogP contribution in [0.5, 0.6) is 0 Å². The van der Waals surface area contributed by atoms with Gasteiger partial charge in [-0.1, -0.05) is 76.3 Å². The first-order valence-electron chi connectivity index (χ1n) is 18.9. The normalized spacial score (nSPS) is 16.5. The molecule has 2 aromatic rings. The van der Waals surface area contributed by atoms with Crippen molar-refractivity contribution < 1.29 is 38.9 Å². The Labute approximate surface area is 314 Å². The number of aliphatic hydroxyl groups is 2. The first-order chi connectivity index (χ1) is 25.0. The minimum atomic E-state index is -1.32. The highest BCUT2D eigenvalue weighted by Gasteiger charge is 2.35. The molecule has 14 nitrogen and oxygen atoms in total. The average Bonchev–Trinajstić information content (AvgIpc) is 3.62. The van der Waals surface area contributed by atoms with Crippen LogP contribution in [0.2, 0.25) is 0 Å². The fourth-order valence-corrected chi connectivity index (χ4v) is 6.38. The molecule has 0 unspecified atom stereocenters. The molecule has 3 rings (SSSR count). The van der Waals surface area contributed by atoms with Crippen molar-refractivity contribution in [1.29, 1.82) is 0 Å². The van der Waals surface area contributed by atoms with Crippen LogP contribution in [0.25, 0.3) is 0 Å². The van der Waals surface area contributed by atoms with Gasteiger partial charge < -0.3 is 45.1 Å². The predicted octanol–water partition coefficient (Wildman–Crippen LogP) is 4.21. The SMILES string of the molecule is CC(C)C[C@H](O)[C@H](O)[C@H](CC1CCCCC1)NC(=O)[C@H](Cc1cnc[nH]1)NC(=O)[C@H](Cc1ccccc1)OC(=O)N(C)CCN(C)C(=O)OC(C)(C)C. The molecule has 5 N–H and O–H groups in total. The summed E-state index contributed by atoms with van der Waals surface area (Å²) in [5.41, 5.74) is 0.642. The number of hydrogen-bond acceptors (Lipinski definition) is 9. The van der Waals surface area contributed by atoms with Gasteiger partial charge in [-0.15, -0.1) is 0 Å². The highest BCUT2D eigenvalue weighted by Crippen LogP contribution is 2.29. The van der Waals surface area contributed by atoms with Gasteiger partial charge in [-0.25, -0.2) is 14.6 Å². The standard InChI is InChI=1S/C39H62N6O8/c1-26(2)20-32(46)34(47)30(21-27-14-10-8-11-15-27)42-35(48)31(23-29-24-40-25-41-29)43-36(49)33(22-28-16-12-9-13-17-28)52-37(50)44(6)18-19-45(7)38(51)53-39(3,4)5/h9,12-13,16-17,24-27,30-34,46-47H,8,10-11,14-15,18-23H2,1-7H3,(H,40,41)(H,42,48)(H,43,49)/t30-,31-,32-,33-,34+/m0/s1. The van der Waals surface area contributed by atoms with Crippen molar-refractivity contribution in [2.75, 3.05) is 27.2 Å². The smallest absolute Gasteiger partial charge is 0.410 e. The molecule has 0 spiro atoms. The van der Waals surface area contributed by atoms with Gasteiger partial charge in [-0.2, -0.15) is 0 Å². The monoisotopic (exact) mass is 742 g/mol. The molecule has 0 bridgehead atoms. The van der Waals surface area contributed by atoms with Gasteiger partial charge in [0, 0.05) is 51.9 Å². The molecule has 0 aliphatic heterocycles. The number of ether oxygens (including phenoxy) is 2. The summed E-state index contributed by atoms with van der Waals surface area (Å²) < 4.78 is 11.2. The maximum Gasteiger partial charge on any atom is 0.410 e. The van der Waals surface area contributed by atoms with Crippen molar-refractivity contribution in [3.05, 3.63) is 54.1 Å². The van der Waals surface area contributed by atoms with Crippen LogP contribution in [0.15, 0.2) is 42.9 Å². The van der Waals surface area contributed by atoms with E-state index >= 15 is 0 Å². The Morgan fingerprint density at radius 2 is 1.57 bits per heavy atom. The number of nitrogens with zero attached hydrogens (tertiary/aromatic N) is 3. The van der Waals surface area contributed by atoms with Gasteiger partial charge in [0.05, 0.1) is 18.5 Å². The molecular weight excluding hydrogens is 680 g/mol. The lowest BCUT2D eigenvalue weighted by Crippen LogP contribution is -2.57. The third-order valence-electron chi connectivity index (χ3n) is 9.36. The largest absolute Gasteiger partial charge is 0.444 e. The Hall–Kier alpha value is -4.17. The van der Waals surface area contributed by atoms with E-state index in [1.54, 1.807) is 34.0 Å². The number of benzene rings is 1. The molecule has 14 heteroatoms. The zero-order chi connectivity index (χ0) is 39.1. The number of hydrogen-bond donors (Lipinski definition) is 5. The highest BCUT2D eigenvalue weighted by atomic mass is 16.6. The fourth-order valence-electron chi connectivity index (χ4n) is 6.38. The molecule has 1 aliphatic carbocycles.